The molecule has 0 spiro atoms. The Bertz CT molecular complexity index is 769. The van der Waals surface area contributed by atoms with Gasteiger partial charge in [-0.15, -0.1) is 0 Å². The number of rotatable bonds is 6. The number of hydrogen-bond acceptors (Lipinski definition) is 3. The van der Waals surface area contributed by atoms with Crippen LogP contribution in [0.4, 0.5) is 11.4 Å². The van der Waals surface area contributed by atoms with Crippen LogP contribution in [0, 0.1) is 10.1 Å². The van der Waals surface area contributed by atoms with Crippen LogP contribution in [0.25, 0.3) is 6.08 Å². The van der Waals surface area contributed by atoms with Crippen molar-refractivity contribution in [2.45, 2.75) is 26.2 Å². The van der Waals surface area contributed by atoms with E-state index in [9.17, 15) is 14.9 Å². The Labute approximate surface area is 141 Å². The van der Waals surface area contributed by atoms with Crippen molar-refractivity contribution in [1.82, 2.24) is 0 Å². The summed E-state index contributed by atoms with van der Waals surface area (Å²) in [4.78, 5) is 22.4. The molecule has 1 atom stereocenters. The number of anilines is 1. The standard InChI is InChI=1S/C19H20N2O3/c1-3-14(2)17-9-4-5-10-18(17)20-19(22)12-11-15-7-6-8-16(13-15)21(23)24/h4-14H,3H2,1-2H3,(H,20,22)/b12-11+/t14-/m1/s1. The lowest BCUT2D eigenvalue weighted by atomic mass is 9.97. The van der Waals surface area contributed by atoms with Crippen molar-refractivity contribution in [3.63, 3.8) is 0 Å². The molecule has 1 N–H and O–H groups in total. The highest BCUT2D eigenvalue weighted by atomic mass is 16.6. The monoisotopic (exact) mass is 324 g/mol. The van der Waals surface area contributed by atoms with E-state index in [1.165, 1.54) is 18.2 Å². The zero-order valence-corrected chi connectivity index (χ0v) is 13.7. The summed E-state index contributed by atoms with van der Waals surface area (Å²) in [7, 11) is 0. The summed E-state index contributed by atoms with van der Waals surface area (Å²) < 4.78 is 0. The number of nitrogens with zero attached hydrogens (tertiary/aromatic N) is 1. The number of amides is 1. The molecule has 5 heteroatoms. The molecule has 2 rings (SSSR count). The predicted molar refractivity (Wildman–Crippen MR) is 95.9 cm³/mol. The van der Waals surface area contributed by atoms with E-state index in [1.54, 1.807) is 18.2 Å². The third-order valence-corrected chi connectivity index (χ3v) is 3.87. The Hall–Kier alpha value is -2.95. The molecule has 0 unspecified atom stereocenters. The fraction of sp³-hybridized carbons (Fsp3) is 0.211. The second-order valence-corrected chi connectivity index (χ2v) is 5.57. The van der Waals surface area contributed by atoms with Crippen LogP contribution in [0.5, 0.6) is 0 Å². The van der Waals surface area contributed by atoms with Crippen molar-refractivity contribution in [1.29, 1.82) is 0 Å². The van der Waals surface area contributed by atoms with Gasteiger partial charge < -0.3 is 5.32 Å². The summed E-state index contributed by atoms with van der Waals surface area (Å²) in [6.45, 7) is 4.22. The molecule has 0 saturated heterocycles. The first-order chi connectivity index (χ1) is 11.5. The second kappa shape index (κ2) is 8.06. The maximum absolute atomic E-state index is 12.1. The molecule has 0 saturated carbocycles. The Morgan fingerprint density at radius 2 is 2.00 bits per heavy atom. The topological polar surface area (TPSA) is 72.2 Å². The second-order valence-electron chi connectivity index (χ2n) is 5.57. The van der Waals surface area contributed by atoms with Crippen LogP contribution in [-0.2, 0) is 4.79 Å². The van der Waals surface area contributed by atoms with E-state index >= 15 is 0 Å². The van der Waals surface area contributed by atoms with Crippen LogP contribution in [0.15, 0.2) is 54.6 Å². The van der Waals surface area contributed by atoms with Gasteiger partial charge in [-0.1, -0.05) is 44.2 Å². The number of nitro benzene ring substituents is 1. The smallest absolute Gasteiger partial charge is 0.270 e. The van der Waals surface area contributed by atoms with Gasteiger partial charge in [0, 0.05) is 23.9 Å². The Morgan fingerprint density at radius 1 is 1.25 bits per heavy atom. The molecule has 0 fully saturated rings. The SMILES string of the molecule is CC[C@@H](C)c1ccccc1NC(=O)/C=C/c1cccc([N+](=O)[O-])c1. The van der Waals surface area contributed by atoms with E-state index in [0.29, 0.717) is 11.5 Å². The first-order valence-corrected chi connectivity index (χ1v) is 7.83. The Balaban J connectivity index is 2.11. The van der Waals surface area contributed by atoms with E-state index in [0.717, 1.165) is 17.7 Å². The van der Waals surface area contributed by atoms with Crippen molar-refractivity contribution in [3.8, 4) is 0 Å². The van der Waals surface area contributed by atoms with Gasteiger partial charge in [0.2, 0.25) is 5.91 Å². The number of carbonyl (C=O) groups excluding carboxylic acids is 1. The molecule has 0 aliphatic carbocycles. The molecule has 0 heterocycles. The zero-order chi connectivity index (χ0) is 17.5. The molecule has 0 radical (unpaired) electrons. The lowest BCUT2D eigenvalue weighted by Gasteiger charge is -2.14. The molecule has 0 aliphatic rings. The van der Waals surface area contributed by atoms with Gasteiger partial charge in [-0.05, 0) is 35.6 Å². The van der Waals surface area contributed by atoms with Crippen molar-refractivity contribution in [2.75, 3.05) is 5.32 Å². The summed E-state index contributed by atoms with van der Waals surface area (Å²) in [5, 5.41) is 13.6. The van der Waals surface area contributed by atoms with Crippen LogP contribution >= 0.6 is 0 Å². The number of nitrogens with one attached hydrogen (secondary N) is 1. The summed E-state index contributed by atoms with van der Waals surface area (Å²) in [5.74, 6) is 0.0829. The van der Waals surface area contributed by atoms with Crippen LogP contribution in [0.1, 0.15) is 37.3 Å². The third kappa shape index (κ3) is 4.52. The molecule has 0 aliphatic heterocycles. The fourth-order valence-electron chi connectivity index (χ4n) is 2.35. The Kier molecular flexibility index (Phi) is 5.84. The third-order valence-electron chi connectivity index (χ3n) is 3.87. The van der Waals surface area contributed by atoms with E-state index in [4.69, 9.17) is 0 Å². The van der Waals surface area contributed by atoms with Crippen molar-refractivity contribution in [3.05, 3.63) is 75.8 Å². The quantitative estimate of drug-likeness (QED) is 0.473. The van der Waals surface area contributed by atoms with Gasteiger partial charge in [-0.25, -0.2) is 0 Å². The van der Waals surface area contributed by atoms with Crippen LogP contribution < -0.4 is 5.32 Å². The van der Waals surface area contributed by atoms with Crippen molar-refractivity contribution in [2.24, 2.45) is 0 Å². The van der Waals surface area contributed by atoms with Crippen molar-refractivity contribution >= 4 is 23.4 Å². The molecule has 1 amide bonds. The number of nitro groups is 1. The van der Waals surface area contributed by atoms with Crippen LogP contribution in [-0.4, -0.2) is 10.8 Å². The molecule has 0 bridgehead atoms. The molecular formula is C19H20N2O3. The van der Waals surface area contributed by atoms with E-state index in [-0.39, 0.29) is 11.6 Å². The maximum atomic E-state index is 12.1. The summed E-state index contributed by atoms with van der Waals surface area (Å²) in [5.41, 5.74) is 2.49. The highest BCUT2D eigenvalue weighted by Crippen LogP contribution is 2.26. The van der Waals surface area contributed by atoms with Gasteiger partial charge >= 0.3 is 0 Å². The highest BCUT2D eigenvalue weighted by Gasteiger charge is 2.10. The summed E-state index contributed by atoms with van der Waals surface area (Å²) in [6.07, 6.45) is 3.93. The number of non-ortho nitro benzene ring substituents is 1. The molecule has 2 aromatic rings. The summed E-state index contributed by atoms with van der Waals surface area (Å²) >= 11 is 0. The van der Waals surface area contributed by atoms with Crippen LogP contribution in [0.2, 0.25) is 0 Å². The molecule has 24 heavy (non-hydrogen) atoms. The van der Waals surface area contributed by atoms with Gasteiger partial charge in [-0.2, -0.15) is 0 Å². The minimum atomic E-state index is -0.459. The van der Waals surface area contributed by atoms with Crippen LogP contribution in [0.3, 0.4) is 0 Å². The minimum Gasteiger partial charge on any atom is -0.322 e. The summed E-state index contributed by atoms with van der Waals surface area (Å²) in [6, 6.07) is 13.9. The van der Waals surface area contributed by atoms with Gasteiger partial charge in [0.05, 0.1) is 4.92 Å². The molecule has 124 valence electrons. The highest BCUT2D eigenvalue weighted by molar-refractivity contribution is 6.02. The minimum absolute atomic E-state index is 0.000302. The Morgan fingerprint density at radius 3 is 2.71 bits per heavy atom. The average molecular weight is 324 g/mol. The number of hydrogen-bond donors (Lipinski definition) is 1. The average Bonchev–Trinajstić information content (AvgIpc) is 2.60. The first-order valence-electron chi connectivity index (χ1n) is 7.83. The molecule has 5 nitrogen and oxygen atoms in total. The normalized spacial score (nSPS) is 12.1. The fourth-order valence-corrected chi connectivity index (χ4v) is 2.35. The number of benzene rings is 2. The first kappa shape index (κ1) is 17.4. The lowest BCUT2D eigenvalue weighted by molar-refractivity contribution is -0.384. The van der Waals surface area contributed by atoms with E-state index < -0.39 is 4.92 Å². The van der Waals surface area contributed by atoms with E-state index in [1.807, 2.05) is 24.3 Å². The number of para-hydroxylation sites is 1. The largest absolute Gasteiger partial charge is 0.322 e. The predicted octanol–water partition coefficient (Wildman–Crippen LogP) is 4.76. The van der Waals surface area contributed by atoms with Gasteiger partial charge in [0.15, 0.2) is 0 Å². The lowest BCUT2D eigenvalue weighted by Crippen LogP contribution is -2.10. The van der Waals surface area contributed by atoms with Gasteiger partial charge in [0.25, 0.3) is 5.69 Å². The molecule has 0 aromatic heterocycles. The number of carbonyl (C=O) groups is 1. The molecule has 2 aromatic carbocycles. The van der Waals surface area contributed by atoms with E-state index in [2.05, 4.69) is 19.2 Å². The van der Waals surface area contributed by atoms with Gasteiger partial charge in [0.1, 0.15) is 0 Å². The zero-order valence-electron chi connectivity index (χ0n) is 13.7. The van der Waals surface area contributed by atoms with Crippen molar-refractivity contribution < 1.29 is 9.72 Å². The van der Waals surface area contributed by atoms with Gasteiger partial charge in [-0.3, -0.25) is 14.9 Å². The maximum Gasteiger partial charge on any atom is 0.270 e. The molecular weight excluding hydrogens is 304 g/mol.